The van der Waals surface area contributed by atoms with Gasteiger partial charge in [-0.2, -0.15) is 4.98 Å². The maximum atomic E-state index is 13.0. The molecule has 0 saturated carbocycles. The summed E-state index contributed by atoms with van der Waals surface area (Å²) in [5.41, 5.74) is 1.26. The van der Waals surface area contributed by atoms with Crippen molar-refractivity contribution >= 4 is 46.4 Å². The highest BCUT2D eigenvalue weighted by atomic mass is 35.5. The zero-order chi connectivity index (χ0) is 28.4. The van der Waals surface area contributed by atoms with Gasteiger partial charge in [-0.05, 0) is 57.0 Å². The Kier molecular flexibility index (Phi) is 8.19. The molecular weight excluding hydrogens is 538 g/mol. The number of aromatic nitrogens is 3. The van der Waals surface area contributed by atoms with Crippen LogP contribution in [0.5, 0.6) is 6.01 Å². The molecule has 2 aliphatic rings. The summed E-state index contributed by atoms with van der Waals surface area (Å²) >= 11 is 5.88. The van der Waals surface area contributed by atoms with Gasteiger partial charge in [0.1, 0.15) is 12.4 Å². The number of nitrogens with one attached hydrogen (secondary N) is 2. The molecule has 0 atom stereocenters. The van der Waals surface area contributed by atoms with Gasteiger partial charge in [0, 0.05) is 50.0 Å². The Balaban J connectivity index is 1.36. The van der Waals surface area contributed by atoms with Gasteiger partial charge in [-0.3, -0.25) is 14.2 Å². The van der Waals surface area contributed by atoms with Crippen LogP contribution in [0.1, 0.15) is 37.0 Å². The number of nitrogens with zero attached hydrogens (tertiary/aromatic N) is 5. The van der Waals surface area contributed by atoms with E-state index in [9.17, 15) is 19.5 Å². The highest BCUT2D eigenvalue weighted by molar-refractivity contribution is 6.30. The van der Waals surface area contributed by atoms with E-state index in [2.05, 4.69) is 39.3 Å². The molecule has 1 aromatic carbocycles. The molecule has 2 fully saturated rings. The third-order valence-corrected chi connectivity index (χ3v) is 7.40. The predicted molar refractivity (Wildman–Crippen MR) is 148 cm³/mol. The monoisotopic (exact) mass is 569 g/mol. The SMILES string of the molecule is CC(C)N1CCC(NC(=O)Oc2nc3ccc(C(=O)N4CC(O)C4)cc3n2CC(=O)Nc2ccc(Cl)cn2)CC1. The second-order valence-corrected chi connectivity index (χ2v) is 10.8. The maximum Gasteiger partial charge on any atom is 0.415 e. The number of likely N-dealkylation sites (tertiary alicyclic amines) is 2. The predicted octanol–water partition coefficient (Wildman–Crippen LogP) is 2.50. The molecule has 3 N–H and O–H groups in total. The van der Waals surface area contributed by atoms with Gasteiger partial charge in [-0.1, -0.05) is 11.6 Å². The lowest BCUT2D eigenvalue weighted by Gasteiger charge is -2.35. The molecule has 0 unspecified atom stereocenters. The second kappa shape index (κ2) is 11.8. The van der Waals surface area contributed by atoms with Crippen LogP contribution >= 0.6 is 11.6 Å². The van der Waals surface area contributed by atoms with Crippen molar-refractivity contribution in [3.8, 4) is 6.01 Å². The summed E-state index contributed by atoms with van der Waals surface area (Å²) in [5, 5.41) is 15.6. The van der Waals surface area contributed by atoms with E-state index in [-0.39, 0.29) is 37.6 Å². The number of piperidine rings is 1. The molecule has 13 heteroatoms. The quantitative estimate of drug-likeness (QED) is 0.394. The fourth-order valence-electron chi connectivity index (χ4n) is 4.88. The van der Waals surface area contributed by atoms with Crippen LogP contribution in [-0.2, 0) is 11.3 Å². The van der Waals surface area contributed by atoms with Crippen molar-refractivity contribution in [1.82, 2.24) is 29.7 Å². The highest BCUT2D eigenvalue weighted by Gasteiger charge is 2.30. The number of amides is 3. The van der Waals surface area contributed by atoms with E-state index in [0.29, 0.717) is 33.5 Å². The number of halogens is 1. The average molecular weight is 570 g/mol. The van der Waals surface area contributed by atoms with Gasteiger partial charge in [-0.25, -0.2) is 9.78 Å². The average Bonchev–Trinajstić information content (AvgIpc) is 3.23. The van der Waals surface area contributed by atoms with Crippen LogP contribution in [0.4, 0.5) is 10.6 Å². The molecule has 0 spiro atoms. The number of fused-ring (bicyclic) bond motifs is 1. The van der Waals surface area contributed by atoms with Crippen LogP contribution in [0, 0.1) is 0 Å². The van der Waals surface area contributed by atoms with Crippen LogP contribution in [-0.4, -0.2) is 91.7 Å². The van der Waals surface area contributed by atoms with Crippen LogP contribution in [0.2, 0.25) is 5.02 Å². The number of pyridine rings is 1. The molecule has 2 aliphatic heterocycles. The minimum atomic E-state index is -0.662. The third-order valence-electron chi connectivity index (χ3n) is 7.17. The normalized spacial score (nSPS) is 16.7. The number of ether oxygens (including phenoxy) is 1. The smallest absolute Gasteiger partial charge is 0.389 e. The van der Waals surface area contributed by atoms with Crippen LogP contribution in [0.25, 0.3) is 11.0 Å². The Morgan fingerprint density at radius 3 is 2.55 bits per heavy atom. The zero-order valence-corrected chi connectivity index (χ0v) is 23.1. The summed E-state index contributed by atoms with van der Waals surface area (Å²) in [6.07, 6.45) is 1.83. The Morgan fingerprint density at radius 1 is 1.15 bits per heavy atom. The van der Waals surface area contributed by atoms with E-state index in [1.807, 2.05) is 0 Å². The minimum absolute atomic E-state index is 0.0318. The summed E-state index contributed by atoms with van der Waals surface area (Å²) in [7, 11) is 0. The van der Waals surface area contributed by atoms with Gasteiger partial charge in [0.2, 0.25) is 5.91 Å². The van der Waals surface area contributed by atoms with Gasteiger partial charge in [0.05, 0.1) is 22.2 Å². The van der Waals surface area contributed by atoms with Gasteiger partial charge in [-0.15, -0.1) is 0 Å². The maximum absolute atomic E-state index is 13.0. The van der Waals surface area contributed by atoms with E-state index in [0.717, 1.165) is 25.9 Å². The summed E-state index contributed by atoms with van der Waals surface area (Å²) in [6.45, 7) is 6.33. The molecule has 40 heavy (non-hydrogen) atoms. The second-order valence-electron chi connectivity index (χ2n) is 10.4. The molecule has 0 bridgehead atoms. The number of aliphatic hydroxyl groups is 1. The van der Waals surface area contributed by atoms with E-state index in [1.54, 1.807) is 30.3 Å². The number of hydrogen-bond acceptors (Lipinski definition) is 8. The van der Waals surface area contributed by atoms with Crippen LogP contribution in [0.15, 0.2) is 36.5 Å². The standard InChI is InChI=1S/C27H32ClN7O5/c1-16(2)33-9-7-19(8-10-33)30-27(39)40-26-31-21-5-3-17(25(38)34-13-20(36)14-34)11-22(21)35(26)15-24(37)32-23-6-4-18(28)12-29-23/h3-6,11-12,16,19-20,36H,7-10,13-15H2,1-2H3,(H,30,39)(H,29,32,37). The number of carbonyl (C=O) groups is 3. The van der Waals surface area contributed by atoms with Crippen molar-refractivity contribution < 1.29 is 24.2 Å². The van der Waals surface area contributed by atoms with Crippen LogP contribution in [0.3, 0.4) is 0 Å². The fourth-order valence-corrected chi connectivity index (χ4v) is 4.99. The lowest BCUT2D eigenvalue weighted by Crippen LogP contribution is -2.53. The Morgan fingerprint density at radius 2 is 1.90 bits per heavy atom. The number of β-amino-alcohol motifs (C(OH)–C–C–N with tert-alkyl or cyclic N) is 1. The molecule has 4 heterocycles. The first-order valence-corrected chi connectivity index (χ1v) is 13.7. The molecule has 3 aromatic rings. The molecule has 2 aromatic heterocycles. The van der Waals surface area contributed by atoms with E-state index in [1.165, 1.54) is 15.7 Å². The van der Waals surface area contributed by atoms with Crippen molar-refractivity contribution in [3.05, 3.63) is 47.1 Å². The molecular formula is C27H32ClN7O5. The first-order chi connectivity index (χ1) is 19.2. The molecule has 0 aliphatic carbocycles. The van der Waals surface area contributed by atoms with E-state index in [4.69, 9.17) is 16.3 Å². The molecule has 5 rings (SSSR count). The largest absolute Gasteiger partial charge is 0.415 e. The van der Waals surface area contributed by atoms with Crippen molar-refractivity contribution in [2.45, 2.75) is 51.4 Å². The fraction of sp³-hybridized carbons (Fsp3) is 0.444. The van der Waals surface area contributed by atoms with Crippen molar-refractivity contribution in [1.29, 1.82) is 0 Å². The topological polar surface area (TPSA) is 142 Å². The summed E-state index contributed by atoms with van der Waals surface area (Å²) < 4.78 is 7.06. The Hall–Kier alpha value is -3.74. The number of hydrogen-bond donors (Lipinski definition) is 3. The lowest BCUT2D eigenvalue weighted by molar-refractivity contribution is -0.116. The third kappa shape index (κ3) is 6.35. The van der Waals surface area contributed by atoms with Crippen molar-refractivity contribution in [2.24, 2.45) is 0 Å². The lowest BCUT2D eigenvalue weighted by atomic mass is 10.0. The van der Waals surface area contributed by atoms with Gasteiger partial charge < -0.3 is 30.3 Å². The zero-order valence-electron chi connectivity index (χ0n) is 22.3. The van der Waals surface area contributed by atoms with Crippen molar-refractivity contribution in [3.63, 3.8) is 0 Å². The minimum Gasteiger partial charge on any atom is -0.389 e. The summed E-state index contributed by atoms with van der Waals surface area (Å²) in [6, 6.07) is 8.38. The Bertz CT molecular complexity index is 1400. The molecule has 12 nitrogen and oxygen atoms in total. The summed E-state index contributed by atoms with van der Waals surface area (Å²) in [4.78, 5) is 51.1. The molecule has 3 amide bonds. The summed E-state index contributed by atoms with van der Waals surface area (Å²) in [5.74, 6) is -0.385. The van der Waals surface area contributed by atoms with Gasteiger partial charge in [0.15, 0.2) is 0 Å². The number of anilines is 1. The molecule has 0 radical (unpaired) electrons. The van der Waals surface area contributed by atoms with Crippen molar-refractivity contribution in [2.75, 3.05) is 31.5 Å². The first kappa shape index (κ1) is 27.8. The van der Waals surface area contributed by atoms with Gasteiger partial charge >= 0.3 is 12.1 Å². The Labute approximate surface area is 236 Å². The number of carbonyl (C=O) groups excluding carboxylic acids is 3. The number of aliphatic hydroxyl groups excluding tert-OH is 1. The first-order valence-electron chi connectivity index (χ1n) is 13.3. The van der Waals surface area contributed by atoms with Gasteiger partial charge in [0.25, 0.3) is 5.91 Å². The van der Waals surface area contributed by atoms with E-state index >= 15 is 0 Å². The van der Waals surface area contributed by atoms with E-state index < -0.39 is 18.1 Å². The number of benzene rings is 1. The number of imidazole rings is 1. The number of rotatable bonds is 7. The molecule has 212 valence electrons. The highest BCUT2D eigenvalue weighted by Crippen LogP contribution is 2.25. The molecule has 2 saturated heterocycles. The van der Waals surface area contributed by atoms with Crippen LogP contribution < -0.4 is 15.4 Å².